The summed E-state index contributed by atoms with van der Waals surface area (Å²) in [5, 5.41) is 3.25. The van der Waals surface area contributed by atoms with Crippen LogP contribution in [-0.4, -0.2) is 41.0 Å². The maximum absolute atomic E-state index is 12.3. The number of halogens is 1. The molecule has 0 radical (unpaired) electrons. The number of hydrogen-bond donors (Lipinski definition) is 1. The zero-order valence-corrected chi connectivity index (χ0v) is 20.0. The molecule has 2 aromatic rings. The van der Waals surface area contributed by atoms with Crippen molar-refractivity contribution in [1.29, 1.82) is 0 Å². The molecule has 0 fully saturated rings. The van der Waals surface area contributed by atoms with E-state index in [0.717, 1.165) is 5.56 Å². The molecule has 0 unspecified atom stereocenters. The largest absolute Gasteiger partial charge is 0.493 e. The van der Waals surface area contributed by atoms with E-state index in [2.05, 4.69) is 5.32 Å². The summed E-state index contributed by atoms with van der Waals surface area (Å²) in [7, 11) is 6.17. The predicted octanol–water partition coefficient (Wildman–Crippen LogP) is 4.74. The molecule has 0 saturated carbocycles. The molecule has 7 nitrogen and oxygen atoms in total. The lowest BCUT2D eigenvalue weighted by molar-refractivity contribution is -0.116. The van der Waals surface area contributed by atoms with Gasteiger partial charge >= 0.3 is 0 Å². The Morgan fingerprint density at radius 1 is 0.938 bits per heavy atom. The quantitative estimate of drug-likeness (QED) is 0.485. The highest BCUT2D eigenvalue weighted by atomic mass is 35.5. The Hall–Kier alpha value is -3.06. The first-order valence-corrected chi connectivity index (χ1v) is 10.5. The van der Waals surface area contributed by atoms with Crippen LogP contribution in [0.5, 0.6) is 28.7 Å². The van der Waals surface area contributed by atoms with E-state index in [1.54, 1.807) is 51.7 Å². The standard InChI is InChI=1S/C24H30ClNO6/c1-15(2)14-32-23-18(25)9-16(10-19(23)28-3)7-8-22(27)26-13-17-11-20(29-4)24(31-6)21(12-17)30-5/h7-12,15H,13-14H2,1-6H3,(H,26,27)/b8-7+. The van der Waals surface area contributed by atoms with Gasteiger partial charge in [-0.25, -0.2) is 0 Å². The molecular formula is C24H30ClNO6. The number of rotatable bonds is 11. The molecule has 0 atom stereocenters. The number of amides is 1. The normalized spacial score (nSPS) is 10.9. The van der Waals surface area contributed by atoms with E-state index in [1.165, 1.54) is 13.2 Å². The number of carbonyl (C=O) groups is 1. The van der Waals surface area contributed by atoms with Crippen LogP contribution in [0.2, 0.25) is 5.02 Å². The van der Waals surface area contributed by atoms with Crippen molar-refractivity contribution in [2.45, 2.75) is 20.4 Å². The minimum Gasteiger partial charge on any atom is -0.493 e. The van der Waals surface area contributed by atoms with E-state index in [9.17, 15) is 4.79 Å². The van der Waals surface area contributed by atoms with E-state index in [-0.39, 0.29) is 12.5 Å². The second-order valence-electron chi connectivity index (χ2n) is 7.32. The smallest absolute Gasteiger partial charge is 0.244 e. The fourth-order valence-corrected chi connectivity index (χ4v) is 3.16. The van der Waals surface area contributed by atoms with Gasteiger partial charge in [-0.15, -0.1) is 0 Å². The van der Waals surface area contributed by atoms with E-state index in [4.69, 9.17) is 35.3 Å². The molecule has 0 aliphatic rings. The Balaban J connectivity index is 2.09. The minimum atomic E-state index is -0.269. The fraction of sp³-hybridized carbons (Fsp3) is 0.375. The van der Waals surface area contributed by atoms with Crippen molar-refractivity contribution in [3.63, 3.8) is 0 Å². The summed E-state index contributed by atoms with van der Waals surface area (Å²) >= 11 is 6.36. The van der Waals surface area contributed by atoms with Crippen LogP contribution in [-0.2, 0) is 11.3 Å². The summed E-state index contributed by atoms with van der Waals surface area (Å²) in [6, 6.07) is 7.06. The van der Waals surface area contributed by atoms with E-state index in [0.29, 0.717) is 51.9 Å². The van der Waals surface area contributed by atoms with Crippen molar-refractivity contribution in [2.75, 3.05) is 35.0 Å². The molecule has 8 heteroatoms. The first kappa shape index (κ1) is 25.2. The van der Waals surface area contributed by atoms with E-state index in [1.807, 2.05) is 13.8 Å². The molecule has 2 aromatic carbocycles. The molecule has 0 spiro atoms. The van der Waals surface area contributed by atoms with Crippen LogP contribution in [0.4, 0.5) is 0 Å². The summed E-state index contributed by atoms with van der Waals surface area (Å²) in [4.78, 5) is 12.3. The lowest BCUT2D eigenvalue weighted by Gasteiger charge is -2.14. The van der Waals surface area contributed by atoms with Crippen molar-refractivity contribution in [3.8, 4) is 28.7 Å². The van der Waals surface area contributed by atoms with E-state index >= 15 is 0 Å². The number of methoxy groups -OCH3 is 4. The Labute approximate surface area is 194 Å². The Bertz CT molecular complexity index is 933. The van der Waals surface area contributed by atoms with Gasteiger partial charge in [0, 0.05) is 12.6 Å². The van der Waals surface area contributed by atoms with Crippen molar-refractivity contribution in [2.24, 2.45) is 5.92 Å². The van der Waals surface area contributed by atoms with Crippen molar-refractivity contribution in [3.05, 3.63) is 46.5 Å². The molecule has 1 amide bonds. The highest BCUT2D eigenvalue weighted by Gasteiger charge is 2.14. The van der Waals surface area contributed by atoms with Crippen LogP contribution < -0.4 is 29.0 Å². The van der Waals surface area contributed by atoms with Crippen LogP contribution in [0, 0.1) is 5.92 Å². The Kier molecular flexibility index (Phi) is 9.53. The highest BCUT2D eigenvalue weighted by Crippen LogP contribution is 2.38. The molecule has 1 N–H and O–H groups in total. The predicted molar refractivity (Wildman–Crippen MR) is 125 cm³/mol. The molecule has 0 saturated heterocycles. The van der Waals surface area contributed by atoms with Crippen LogP contribution in [0.1, 0.15) is 25.0 Å². The second-order valence-corrected chi connectivity index (χ2v) is 7.73. The molecule has 32 heavy (non-hydrogen) atoms. The third-order valence-corrected chi connectivity index (χ3v) is 4.71. The van der Waals surface area contributed by atoms with Crippen LogP contribution in [0.15, 0.2) is 30.3 Å². The second kappa shape index (κ2) is 12.1. The fourth-order valence-electron chi connectivity index (χ4n) is 2.88. The zero-order chi connectivity index (χ0) is 23.7. The molecular weight excluding hydrogens is 434 g/mol. The van der Waals surface area contributed by atoms with Gasteiger partial charge in [-0.3, -0.25) is 4.79 Å². The van der Waals surface area contributed by atoms with Crippen LogP contribution in [0.3, 0.4) is 0 Å². The Morgan fingerprint density at radius 2 is 1.53 bits per heavy atom. The first-order valence-electron chi connectivity index (χ1n) is 10.1. The van der Waals surface area contributed by atoms with Crippen molar-refractivity contribution >= 4 is 23.6 Å². The SMILES string of the molecule is COc1cc(/C=C/C(=O)NCc2cc(OC)c(OC)c(OC)c2)cc(Cl)c1OCC(C)C. The summed E-state index contributed by atoms with van der Waals surface area (Å²) in [6.45, 7) is 4.91. The van der Waals surface area contributed by atoms with Crippen molar-refractivity contribution in [1.82, 2.24) is 5.32 Å². The Morgan fingerprint density at radius 3 is 2.06 bits per heavy atom. The molecule has 0 heterocycles. The van der Waals surface area contributed by atoms with Gasteiger partial charge in [-0.1, -0.05) is 25.4 Å². The van der Waals surface area contributed by atoms with Gasteiger partial charge in [-0.05, 0) is 47.4 Å². The summed E-state index contributed by atoms with van der Waals surface area (Å²) in [5.41, 5.74) is 1.52. The maximum atomic E-state index is 12.3. The number of nitrogens with one attached hydrogen (secondary N) is 1. The van der Waals surface area contributed by atoms with Gasteiger partial charge in [0.05, 0.1) is 40.1 Å². The number of hydrogen-bond acceptors (Lipinski definition) is 6. The molecule has 0 aromatic heterocycles. The summed E-state index contributed by atoms with van der Waals surface area (Å²) < 4.78 is 27.1. The summed E-state index contributed by atoms with van der Waals surface area (Å²) in [6.07, 6.45) is 3.09. The minimum absolute atomic E-state index is 0.269. The third kappa shape index (κ3) is 6.72. The van der Waals surface area contributed by atoms with Gasteiger partial charge in [0.15, 0.2) is 23.0 Å². The topological polar surface area (TPSA) is 75.3 Å². The maximum Gasteiger partial charge on any atom is 0.244 e. The molecule has 0 bridgehead atoms. The molecule has 174 valence electrons. The van der Waals surface area contributed by atoms with Crippen molar-refractivity contribution < 1.29 is 28.5 Å². The lowest BCUT2D eigenvalue weighted by Crippen LogP contribution is -2.20. The van der Waals surface area contributed by atoms with E-state index < -0.39 is 0 Å². The highest BCUT2D eigenvalue weighted by molar-refractivity contribution is 6.32. The molecule has 0 aliphatic heterocycles. The average Bonchev–Trinajstić information content (AvgIpc) is 2.79. The first-order chi connectivity index (χ1) is 15.3. The zero-order valence-electron chi connectivity index (χ0n) is 19.3. The average molecular weight is 464 g/mol. The van der Waals surface area contributed by atoms with Gasteiger partial charge in [0.1, 0.15) is 0 Å². The number of ether oxygens (including phenoxy) is 5. The van der Waals surface area contributed by atoms with Gasteiger partial charge in [-0.2, -0.15) is 0 Å². The number of carbonyl (C=O) groups excluding carboxylic acids is 1. The lowest BCUT2D eigenvalue weighted by atomic mass is 10.1. The number of benzene rings is 2. The van der Waals surface area contributed by atoms with Crippen LogP contribution >= 0.6 is 11.6 Å². The van der Waals surface area contributed by atoms with Gasteiger partial charge in [0.25, 0.3) is 0 Å². The summed E-state index contributed by atoms with van der Waals surface area (Å²) in [5.74, 6) is 2.62. The monoisotopic (exact) mass is 463 g/mol. The van der Waals surface area contributed by atoms with Gasteiger partial charge < -0.3 is 29.0 Å². The molecule has 0 aliphatic carbocycles. The van der Waals surface area contributed by atoms with Gasteiger partial charge in [0.2, 0.25) is 11.7 Å². The molecule has 2 rings (SSSR count). The van der Waals surface area contributed by atoms with Crippen LogP contribution in [0.25, 0.3) is 6.08 Å². The third-order valence-electron chi connectivity index (χ3n) is 4.43.